The maximum absolute atomic E-state index is 11.1. The van der Waals surface area contributed by atoms with Crippen LogP contribution in [-0.4, -0.2) is 72.8 Å². The lowest BCUT2D eigenvalue weighted by molar-refractivity contribution is -0.133. The van der Waals surface area contributed by atoms with Gasteiger partial charge in [0.1, 0.15) is 18.8 Å². The molecule has 126 valence electrons. The van der Waals surface area contributed by atoms with Gasteiger partial charge in [0.15, 0.2) is 0 Å². The van der Waals surface area contributed by atoms with Crippen molar-refractivity contribution in [1.29, 1.82) is 0 Å². The van der Waals surface area contributed by atoms with Crippen LogP contribution in [0.2, 0.25) is 0 Å². The number of aryl methyl sites for hydroxylation is 1. The molecule has 1 aromatic heterocycles. The van der Waals surface area contributed by atoms with Gasteiger partial charge in [-0.25, -0.2) is 9.97 Å². The summed E-state index contributed by atoms with van der Waals surface area (Å²) in [6.45, 7) is 5.80. The van der Waals surface area contributed by atoms with E-state index >= 15 is 0 Å². The van der Waals surface area contributed by atoms with Gasteiger partial charge in [-0.05, 0) is 19.8 Å². The number of hydrogen-bond acceptors (Lipinski definition) is 6. The van der Waals surface area contributed by atoms with Crippen LogP contribution in [0.1, 0.15) is 18.5 Å². The predicted molar refractivity (Wildman–Crippen MR) is 87.4 cm³/mol. The second-order valence-corrected chi connectivity index (χ2v) is 6.40. The quantitative estimate of drug-likeness (QED) is 0.855. The number of nitrogens with one attached hydrogen (secondary N) is 1. The third kappa shape index (κ3) is 4.17. The number of anilines is 1. The van der Waals surface area contributed by atoms with Gasteiger partial charge >= 0.3 is 0 Å². The van der Waals surface area contributed by atoms with E-state index in [9.17, 15) is 4.79 Å². The van der Waals surface area contributed by atoms with E-state index in [1.54, 1.807) is 6.33 Å². The Balaban J connectivity index is 1.47. The van der Waals surface area contributed by atoms with E-state index in [0.29, 0.717) is 12.6 Å². The van der Waals surface area contributed by atoms with Crippen molar-refractivity contribution >= 4 is 11.7 Å². The average molecular weight is 319 g/mol. The van der Waals surface area contributed by atoms with Crippen LogP contribution in [0, 0.1) is 6.92 Å². The van der Waals surface area contributed by atoms with E-state index < -0.39 is 0 Å². The summed E-state index contributed by atoms with van der Waals surface area (Å²) < 4.78 is 5.57. The van der Waals surface area contributed by atoms with Gasteiger partial charge in [-0.2, -0.15) is 0 Å². The van der Waals surface area contributed by atoms with Crippen LogP contribution >= 0.6 is 0 Å². The normalized spacial score (nSPS) is 23.6. The monoisotopic (exact) mass is 319 g/mol. The molecule has 0 radical (unpaired) electrons. The molecule has 2 saturated heterocycles. The van der Waals surface area contributed by atoms with Gasteiger partial charge in [-0.15, -0.1) is 0 Å². The zero-order valence-electron chi connectivity index (χ0n) is 13.9. The minimum absolute atomic E-state index is 0.0123. The third-order valence-electron chi connectivity index (χ3n) is 4.69. The summed E-state index contributed by atoms with van der Waals surface area (Å²) in [6, 6.07) is 2.54. The van der Waals surface area contributed by atoms with Crippen LogP contribution in [0.15, 0.2) is 12.4 Å². The lowest BCUT2D eigenvalue weighted by atomic mass is 10.0. The average Bonchev–Trinajstić information content (AvgIpc) is 2.57. The SMILES string of the molecule is Cc1cc(N(C)C2CCN(CC3CNC(=O)CO3)CC2)ncn1. The molecule has 1 N–H and O–H groups in total. The summed E-state index contributed by atoms with van der Waals surface area (Å²) >= 11 is 0. The summed E-state index contributed by atoms with van der Waals surface area (Å²) in [5.74, 6) is 0.982. The van der Waals surface area contributed by atoms with E-state index in [0.717, 1.165) is 44.0 Å². The van der Waals surface area contributed by atoms with Crippen molar-refractivity contribution < 1.29 is 9.53 Å². The number of hydrogen-bond donors (Lipinski definition) is 1. The zero-order chi connectivity index (χ0) is 16.2. The maximum atomic E-state index is 11.1. The highest BCUT2D eigenvalue weighted by Crippen LogP contribution is 2.21. The molecule has 2 fully saturated rings. The van der Waals surface area contributed by atoms with Crippen molar-refractivity contribution in [2.45, 2.75) is 31.9 Å². The smallest absolute Gasteiger partial charge is 0.246 e. The number of rotatable bonds is 4. The minimum Gasteiger partial charge on any atom is -0.365 e. The zero-order valence-corrected chi connectivity index (χ0v) is 13.9. The number of carbonyl (C=O) groups is 1. The second kappa shape index (κ2) is 7.23. The van der Waals surface area contributed by atoms with Crippen molar-refractivity contribution in [1.82, 2.24) is 20.2 Å². The van der Waals surface area contributed by atoms with Crippen molar-refractivity contribution in [3.63, 3.8) is 0 Å². The Labute approximate surface area is 137 Å². The van der Waals surface area contributed by atoms with Gasteiger partial charge in [0.2, 0.25) is 5.91 Å². The standard InChI is InChI=1S/C16H25N5O2/c1-12-7-15(19-11-18-12)20(2)13-3-5-21(6-4-13)9-14-8-17-16(22)10-23-14/h7,11,13-14H,3-6,8-10H2,1-2H3,(H,17,22). The molecule has 23 heavy (non-hydrogen) atoms. The number of amides is 1. The van der Waals surface area contributed by atoms with Crippen molar-refractivity contribution in [3.8, 4) is 0 Å². The Hall–Kier alpha value is -1.73. The largest absolute Gasteiger partial charge is 0.365 e. The fourth-order valence-corrected chi connectivity index (χ4v) is 3.25. The fourth-order valence-electron chi connectivity index (χ4n) is 3.25. The molecule has 1 atom stereocenters. The highest BCUT2D eigenvalue weighted by Gasteiger charge is 2.26. The van der Waals surface area contributed by atoms with Crippen molar-refractivity contribution in [3.05, 3.63) is 18.1 Å². The molecule has 1 unspecified atom stereocenters. The Morgan fingerprint density at radius 1 is 1.39 bits per heavy atom. The highest BCUT2D eigenvalue weighted by atomic mass is 16.5. The van der Waals surface area contributed by atoms with Crippen LogP contribution in [-0.2, 0) is 9.53 Å². The van der Waals surface area contributed by atoms with Gasteiger partial charge < -0.3 is 19.9 Å². The molecular formula is C16H25N5O2. The van der Waals surface area contributed by atoms with Crippen LogP contribution in [0.25, 0.3) is 0 Å². The predicted octanol–water partition coefficient (Wildman–Crippen LogP) is 0.201. The molecule has 1 amide bonds. The summed E-state index contributed by atoms with van der Waals surface area (Å²) in [6.07, 6.45) is 3.97. The first-order valence-electron chi connectivity index (χ1n) is 8.24. The van der Waals surface area contributed by atoms with Crippen LogP contribution in [0.3, 0.4) is 0 Å². The molecule has 3 rings (SSSR count). The number of piperidine rings is 1. The molecule has 0 aliphatic carbocycles. The molecule has 0 bridgehead atoms. The number of likely N-dealkylation sites (tertiary alicyclic amines) is 1. The Kier molecular flexibility index (Phi) is 5.07. The van der Waals surface area contributed by atoms with E-state index in [1.807, 2.05) is 13.0 Å². The maximum Gasteiger partial charge on any atom is 0.246 e. The van der Waals surface area contributed by atoms with Gasteiger partial charge in [0.25, 0.3) is 0 Å². The number of morpholine rings is 1. The lowest BCUT2D eigenvalue weighted by Gasteiger charge is -2.38. The van der Waals surface area contributed by atoms with E-state index in [-0.39, 0.29) is 18.6 Å². The number of ether oxygens (including phenoxy) is 1. The van der Waals surface area contributed by atoms with Gasteiger partial charge in [0.05, 0.1) is 6.10 Å². The van der Waals surface area contributed by atoms with Gasteiger partial charge in [0, 0.05) is 51.0 Å². The summed E-state index contributed by atoms with van der Waals surface area (Å²) in [5.41, 5.74) is 0.996. The van der Waals surface area contributed by atoms with Gasteiger partial charge in [-0.3, -0.25) is 4.79 Å². The molecule has 7 heteroatoms. The molecule has 2 aliphatic rings. The van der Waals surface area contributed by atoms with E-state index in [4.69, 9.17) is 4.74 Å². The first kappa shape index (κ1) is 16.1. The molecule has 7 nitrogen and oxygen atoms in total. The second-order valence-electron chi connectivity index (χ2n) is 6.40. The van der Waals surface area contributed by atoms with Crippen LogP contribution in [0.4, 0.5) is 5.82 Å². The molecule has 0 spiro atoms. The molecule has 3 heterocycles. The van der Waals surface area contributed by atoms with E-state index in [1.165, 1.54) is 0 Å². The van der Waals surface area contributed by atoms with Crippen molar-refractivity contribution in [2.24, 2.45) is 0 Å². The summed E-state index contributed by atoms with van der Waals surface area (Å²) in [4.78, 5) is 24.3. The summed E-state index contributed by atoms with van der Waals surface area (Å²) in [5, 5.41) is 2.86. The Morgan fingerprint density at radius 2 is 2.17 bits per heavy atom. The molecule has 1 aromatic rings. The van der Waals surface area contributed by atoms with Gasteiger partial charge in [-0.1, -0.05) is 0 Å². The van der Waals surface area contributed by atoms with E-state index in [2.05, 4.69) is 32.1 Å². The highest BCUT2D eigenvalue weighted by molar-refractivity contribution is 5.77. The third-order valence-corrected chi connectivity index (χ3v) is 4.69. The number of aromatic nitrogens is 2. The first-order valence-corrected chi connectivity index (χ1v) is 8.24. The molecule has 0 saturated carbocycles. The topological polar surface area (TPSA) is 70.6 Å². The van der Waals surface area contributed by atoms with Crippen LogP contribution in [0.5, 0.6) is 0 Å². The Bertz CT molecular complexity index is 535. The molecule has 0 aromatic carbocycles. The number of nitrogens with zero attached hydrogens (tertiary/aromatic N) is 4. The minimum atomic E-state index is -0.0123. The lowest BCUT2D eigenvalue weighted by Crippen LogP contribution is -2.51. The van der Waals surface area contributed by atoms with Crippen molar-refractivity contribution in [2.75, 3.05) is 44.7 Å². The Morgan fingerprint density at radius 3 is 2.83 bits per heavy atom. The molecular weight excluding hydrogens is 294 g/mol. The molecule has 2 aliphatic heterocycles. The fraction of sp³-hybridized carbons (Fsp3) is 0.688. The summed E-state index contributed by atoms with van der Waals surface area (Å²) in [7, 11) is 2.11. The van der Waals surface area contributed by atoms with Crippen LogP contribution < -0.4 is 10.2 Å². The number of carbonyl (C=O) groups excluding carboxylic acids is 1. The first-order chi connectivity index (χ1) is 11.1.